The van der Waals surface area contributed by atoms with Crippen LogP contribution < -0.4 is 16.0 Å². The number of aliphatic hydroxyl groups excluding tert-OH is 1. The molecule has 186 valence electrons. The van der Waals surface area contributed by atoms with E-state index in [9.17, 15) is 9.90 Å². The molecule has 0 saturated carbocycles. The minimum atomic E-state index is -0.134. The molecule has 1 unspecified atom stereocenters. The van der Waals surface area contributed by atoms with Crippen LogP contribution in [0.1, 0.15) is 42.1 Å². The largest absolute Gasteiger partial charge is 0.394 e. The lowest BCUT2D eigenvalue weighted by Gasteiger charge is -2.16. The van der Waals surface area contributed by atoms with Crippen LogP contribution in [-0.2, 0) is 0 Å². The highest BCUT2D eigenvalue weighted by Gasteiger charge is 2.15. The summed E-state index contributed by atoms with van der Waals surface area (Å²) in [5, 5.41) is 19.3. The van der Waals surface area contributed by atoms with Crippen LogP contribution in [0.3, 0.4) is 0 Å². The monoisotopic (exact) mass is 486 g/mol. The van der Waals surface area contributed by atoms with Crippen LogP contribution >= 0.6 is 0 Å². The van der Waals surface area contributed by atoms with Crippen LogP contribution in [0.15, 0.2) is 55.2 Å². The third kappa shape index (κ3) is 5.55. The number of pyridine rings is 1. The maximum Gasteiger partial charge on any atom is 0.251 e. The number of benzene rings is 1. The standard InChI is InChI=1S/C26H30N8O2/c1-4-18(14-35)34-26-30-12-17(13-31-26)22-10-23(33-15-32-22)29-11-16(2)19-6-5-7-20-21(25(36)27-3)8-9-28-24(19)20/h5-10,12-13,15-16,18,35H,4,11,14H2,1-3H3,(H,27,36)(H,29,32,33)(H,30,31,34)/t16-,18?/m1/s1. The fraction of sp³-hybridized carbons (Fsp3) is 0.308. The summed E-state index contributed by atoms with van der Waals surface area (Å²) in [6, 6.07) is 9.41. The highest BCUT2D eigenvalue weighted by Crippen LogP contribution is 2.27. The first-order valence-electron chi connectivity index (χ1n) is 11.9. The van der Waals surface area contributed by atoms with Crippen molar-refractivity contribution in [2.45, 2.75) is 32.2 Å². The molecule has 10 nitrogen and oxygen atoms in total. The Morgan fingerprint density at radius 3 is 2.61 bits per heavy atom. The van der Waals surface area contributed by atoms with Gasteiger partial charge in [-0.2, -0.15) is 0 Å². The van der Waals surface area contributed by atoms with Crippen molar-refractivity contribution >= 4 is 28.6 Å². The maximum atomic E-state index is 12.3. The molecule has 4 N–H and O–H groups in total. The molecule has 0 spiro atoms. The molecule has 0 aliphatic rings. The van der Waals surface area contributed by atoms with Crippen LogP contribution in [0.25, 0.3) is 22.2 Å². The van der Waals surface area contributed by atoms with Gasteiger partial charge in [0.15, 0.2) is 0 Å². The zero-order valence-corrected chi connectivity index (χ0v) is 20.6. The van der Waals surface area contributed by atoms with Crippen molar-refractivity contribution in [2.75, 3.05) is 30.8 Å². The number of aromatic nitrogens is 5. The number of rotatable bonds is 10. The van der Waals surface area contributed by atoms with Gasteiger partial charge in [-0.25, -0.2) is 19.9 Å². The number of hydrogen-bond acceptors (Lipinski definition) is 9. The number of aliphatic hydroxyl groups is 1. The van der Waals surface area contributed by atoms with Gasteiger partial charge < -0.3 is 21.1 Å². The van der Waals surface area contributed by atoms with E-state index in [1.54, 1.807) is 31.7 Å². The molecular weight excluding hydrogens is 456 g/mol. The van der Waals surface area contributed by atoms with Crippen molar-refractivity contribution in [1.29, 1.82) is 0 Å². The molecule has 0 aliphatic carbocycles. The molecule has 0 bridgehead atoms. The summed E-state index contributed by atoms with van der Waals surface area (Å²) < 4.78 is 0. The number of nitrogens with zero attached hydrogens (tertiary/aromatic N) is 5. The summed E-state index contributed by atoms with van der Waals surface area (Å²) >= 11 is 0. The molecule has 0 fully saturated rings. The first-order valence-corrected chi connectivity index (χ1v) is 11.9. The van der Waals surface area contributed by atoms with Crippen molar-refractivity contribution in [1.82, 2.24) is 30.2 Å². The summed E-state index contributed by atoms with van der Waals surface area (Å²) in [7, 11) is 1.62. The molecular formula is C26H30N8O2. The van der Waals surface area contributed by atoms with E-state index in [0.717, 1.165) is 28.5 Å². The first-order chi connectivity index (χ1) is 17.5. The number of nitrogens with one attached hydrogen (secondary N) is 3. The molecule has 4 aromatic rings. The van der Waals surface area contributed by atoms with Crippen molar-refractivity contribution in [3.8, 4) is 11.3 Å². The Labute approximate surface area is 209 Å². The number of anilines is 2. The van der Waals surface area contributed by atoms with Gasteiger partial charge in [0, 0.05) is 55.1 Å². The Bertz CT molecular complexity index is 1330. The summed E-state index contributed by atoms with van der Waals surface area (Å²) in [5.41, 5.74) is 3.92. The Morgan fingerprint density at radius 1 is 1.08 bits per heavy atom. The van der Waals surface area contributed by atoms with Crippen LogP contribution in [-0.4, -0.2) is 62.2 Å². The van der Waals surface area contributed by atoms with E-state index in [2.05, 4.69) is 47.8 Å². The lowest BCUT2D eigenvalue weighted by molar-refractivity contribution is 0.0964. The number of hydrogen-bond donors (Lipinski definition) is 4. The van der Waals surface area contributed by atoms with E-state index in [0.29, 0.717) is 29.6 Å². The van der Waals surface area contributed by atoms with E-state index in [4.69, 9.17) is 0 Å². The number of amides is 1. The normalized spacial score (nSPS) is 12.7. The lowest BCUT2D eigenvalue weighted by Crippen LogP contribution is -2.23. The molecule has 3 heterocycles. The number of para-hydroxylation sites is 1. The number of carbonyl (C=O) groups is 1. The zero-order chi connectivity index (χ0) is 25.5. The van der Waals surface area contributed by atoms with Crippen molar-refractivity contribution in [3.63, 3.8) is 0 Å². The second-order valence-electron chi connectivity index (χ2n) is 8.48. The van der Waals surface area contributed by atoms with Crippen LogP contribution in [0.2, 0.25) is 0 Å². The van der Waals surface area contributed by atoms with E-state index >= 15 is 0 Å². The Kier molecular flexibility index (Phi) is 7.96. The minimum Gasteiger partial charge on any atom is -0.394 e. The Balaban J connectivity index is 1.47. The predicted molar refractivity (Wildman–Crippen MR) is 140 cm³/mol. The van der Waals surface area contributed by atoms with Gasteiger partial charge in [0.1, 0.15) is 12.1 Å². The molecule has 1 amide bonds. The van der Waals surface area contributed by atoms with Crippen molar-refractivity contribution in [2.24, 2.45) is 0 Å². The summed E-state index contributed by atoms with van der Waals surface area (Å²) in [6.07, 6.45) is 7.33. The van der Waals surface area contributed by atoms with Gasteiger partial charge in [-0.3, -0.25) is 9.78 Å². The predicted octanol–water partition coefficient (Wildman–Crippen LogP) is 3.24. The SMILES string of the molecule is CCC(CO)Nc1ncc(-c2cc(NC[C@@H](C)c3cccc4c(C(=O)NC)ccnc34)ncn2)cn1. The fourth-order valence-corrected chi connectivity index (χ4v) is 3.90. The molecule has 0 radical (unpaired) electrons. The van der Waals surface area contributed by atoms with Gasteiger partial charge in [-0.15, -0.1) is 0 Å². The quantitative estimate of drug-likeness (QED) is 0.266. The van der Waals surface area contributed by atoms with Gasteiger partial charge in [0.25, 0.3) is 5.91 Å². The second kappa shape index (κ2) is 11.5. The second-order valence-corrected chi connectivity index (χ2v) is 8.48. The van der Waals surface area contributed by atoms with Gasteiger partial charge in [0.2, 0.25) is 5.95 Å². The Hall–Kier alpha value is -4.18. The zero-order valence-electron chi connectivity index (χ0n) is 20.6. The summed E-state index contributed by atoms with van der Waals surface area (Å²) in [6.45, 7) is 4.72. The fourth-order valence-electron chi connectivity index (χ4n) is 3.90. The van der Waals surface area contributed by atoms with Crippen LogP contribution in [0, 0.1) is 0 Å². The highest BCUT2D eigenvalue weighted by molar-refractivity contribution is 6.06. The third-order valence-corrected chi connectivity index (χ3v) is 6.06. The highest BCUT2D eigenvalue weighted by atomic mass is 16.3. The molecule has 4 rings (SSSR count). The topological polar surface area (TPSA) is 138 Å². The van der Waals surface area contributed by atoms with Gasteiger partial charge in [0.05, 0.1) is 29.4 Å². The molecule has 10 heteroatoms. The summed E-state index contributed by atoms with van der Waals surface area (Å²) in [5.74, 6) is 1.11. The van der Waals surface area contributed by atoms with Gasteiger partial charge in [-0.05, 0) is 18.1 Å². The molecule has 0 saturated heterocycles. The minimum absolute atomic E-state index is 0.0189. The van der Waals surface area contributed by atoms with Gasteiger partial charge in [-0.1, -0.05) is 32.0 Å². The first kappa shape index (κ1) is 24.9. The average molecular weight is 487 g/mol. The van der Waals surface area contributed by atoms with Crippen molar-refractivity contribution in [3.05, 3.63) is 66.4 Å². The smallest absolute Gasteiger partial charge is 0.251 e. The van der Waals surface area contributed by atoms with E-state index in [1.807, 2.05) is 31.2 Å². The van der Waals surface area contributed by atoms with E-state index in [1.165, 1.54) is 6.33 Å². The Morgan fingerprint density at radius 2 is 1.89 bits per heavy atom. The molecule has 3 aromatic heterocycles. The number of carbonyl (C=O) groups excluding carboxylic acids is 1. The van der Waals surface area contributed by atoms with E-state index < -0.39 is 0 Å². The molecule has 1 aromatic carbocycles. The molecule has 36 heavy (non-hydrogen) atoms. The molecule has 0 aliphatic heterocycles. The lowest BCUT2D eigenvalue weighted by atomic mass is 9.96. The summed E-state index contributed by atoms with van der Waals surface area (Å²) in [4.78, 5) is 34.2. The molecule has 2 atom stereocenters. The third-order valence-electron chi connectivity index (χ3n) is 6.06. The maximum absolute atomic E-state index is 12.3. The van der Waals surface area contributed by atoms with Crippen LogP contribution in [0.5, 0.6) is 0 Å². The number of fused-ring (bicyclic) bond motifs is 1. The van der Waals surface area contributed by atoms with Crippen LogP contribution in [0.4, 0.5) is 11.8 Å². The van der Waals surface area contributed by atoms with Crippen molar-refractivity contribution < 1.29 is 9.90 Å². The average Bonchev–Trinajstić information content (AvgIpc) is 2.94. The van der Waals surface area contributed by atoms with E-state index in [-0.39, 0.29) is 24.5 Å². The van der Waals surface area contributed by atoms with Gasteiger partial charge >= 0.3 is 0 Å².